The van der Waals surface area contributed by atoms with Crippen molar-refractivity contribution < 1.29 is 9.59 Å². The normalized spacial score (nSPS) is 14.1. The molecule has 0 spiro atoms. The molecule has 2 amide bonds. The zero-order valence-electron chi connectivity index (χ0n) is 15.9. The van der Waals surface area contributed by atoms with Crippen molar-refractivity contribution in [2.45, 2.75) is 19.4 Å². The summed E-state index contributed by atoms with van der Waals surface area (Å²) in [5, 5.41) is 15.2. The molecule has 2 heterocycles. The van der Waals surface area contributed by atoms with Crippen LogP contribution < -0.4 is 15.5 Å². The van der Waals surface area contributed by atoms with Crippen LogP contribution in [0.1, 0.15) is 24.0 Å². The quantitative estimate of drug-likeness (QED) is 0.735. The Hall–Kier alpha value is -3.11. The highest BCUT2D eigenvalue weighted by Gasteiger charge is 2.23. The molecule has 1 aromatic heterocycles. The summed E-state index contributed by atoms with van der Waals surface area (Å²) in [6.45, 7) is 2.24. The number of anilines is 1. The van der Waals surface area contributed by atoms with Gasteiger partial charge in [-0.05, 0) is 48.6 Å². The highest BCUT2D eigenvalue weighted by atomic mass is 35.5. The second kappa shape index (κ2) is 9.89. The molecule has 0 unspecified atom stereocenters. The second-order valence-electron chi connectivity index (χ2n) is 6.94. The van der Waals surface area contributed by atoms with E-state index in [4.69, 9.17) is 11.6 Å². The first-order valence-corrected chi connectivity index (χ1v) is 9.85. The zero-order valence-corrected chi connectivity index (χ0v) is 16.7. The molecule has 0 bridgehead atoms. The SMILES string of the molecule is N#Cc1cccnc1N1CCC(CNC(=O)C(=O)NCc2ccc(Cl)cc2)CC1. The van der Waals surface area contributed by atoms with Gasteiger partial charge in [-0.2, -0.15) is 5.26 Å². The number of carbonyl (C=O) groups is 2. The maximum atomic E-state index is 12.0. The van der Waals surface area contributed by atoms with E-state index < -0.39 is 11.8 Å². The summed E-state index contributed by atoms with van der Waals surface area (Å²) < 4.78 is 0. The Morgan fingerprint density at radius 2 is 1.83 bits per heavy atom. The lowest BCUT2D eigenvalue weighted by Crippen LogP contribution is -2.43. The lowest BCUT2D eigenvalue weighted by molar-refractivity contribution is -0.139. The van der Waals surface area contributed by atoms with Crippen molar-refractivity contribution in [3.63, 3.8) is 0 Å². The highest BCUT2D eigenvalue weighted by molar-refractivity contribution is 6.35. The van der Waals surface area contributed by atoms with Crippen LogP contribution >= 0.6 is 11.6 Å². The summed E-state index contributed by atoms with van der Waals surface area (Å²) in [6.07, 6.45) is 3.40. The fraction of sp³-hybridized carbons (Fsp3) is 0.333. The number of carbonyl (C=O) groups excluding carboxylic acids is 2. The van der Waals surface area contributed by atoms with Crippen molar-refractivity contribution in [3.8, 4) is 6.07 Å². The lowest BCUT2D eigenvalue weighted by Gasteiger charge is -2.33. The van der Waals surface area contributed by atoms with Crippen molar-refractivity contribution in [2.24, 2.45) is 5.92 Å². The molecule has 1 fully saturated rings. The van der Waals surface area contributed by atoms with Gasteiger partial charge < -0.3 is 15.5 Å². The van der Waals surface area contributed by atoms with Gasteiger partial charge in [-0.25, -0.2) is 4.98 Å². The molecule has 0 saturated carbocycles. The molecule has 7 nitrogen and oxygen atoms in total. The fourth-order valence-electron chi connectivity index (χ4n) is 3.27. The predicted octanol–water partition coefficient (Wildman–Crippen LogP) is 2.26. The first kappa shape index (κ1) is 20.6. The number of hydrogen-bond acceptors (Lipinski definition) is 5. The molecule has 29 heavy (non-hydrogen) atoms. The van der Waals surface area contributed by atoms with E-state index in [-0.39, 0.29) is 12.5 Å². The van der Waals surface area contributed by atoms with Crippen LogP contribution in [0.25, 0.3) is 0 Å². The highest BCUT2D eigenvalue weighted by Crippen LogP contribution is 2.23. The summed E-state index contributed by atoms with van der Waals surface area (Å²) in [7, 11) is 0. The van der Waals surface area contributed by atoms with Gasteiger partial charge in [-0.3, -0.25) is 9.59 Å². The van der Waals surface area contributed by atoms with Gasteiger partial charge in [0.25, 0.3) is 0 Å². The summed E-state index contributed by atoms with van der Waals surface area (Å²) in [5.74, 6) is -0.282. The Morgan fingerprint density at radius 3 is 2.52 bits per heavy atom. The Bertz CT molecular complexity index is 902. The number of amides is 2. The van der Waals surface area contributed by atoms with Crippen molar-refractivity contribution in [2.75, 3.05) is 24.5 Å². The van der Waals surface area contributed by atoms with Crippen molar-refractivity contribution in [1.82, 2.24) is 15.6 Å². The minimum atomic E-state index is -0.649. The average Bonchev–Trinajstić information content (AvgIpc) is 2.77. The van der Waals surface area contributed by atoms with Gasteiger partial charge in [0.05, 0.1) is 5.56 Å². The molecule has 0 atom stereocenters. The van der Waals surface area contributed by atoms with E-state index in [0.717, 1.165) is 31.5 Å². The molecule has 2 aromatic rings. The van der Waals surface area contributed by atoms with Gasteiger partial charge in [-0.1, -0.05) is 23.7 Å². The van der Waals surface area contributed by atoms with Gasteiger partial charge in [0.2, 0.25) is 0 Å². The van der Waals surface area contributed by atoms with Crippen LogP contribution in [0.5, 0.6) is 0 Å². The van der Waals surface area contributed by atoms with E-state index in [2.05, 4.69) is 26.6 Å². The maximum Gasteiger partial charge on any atom is 0.309 e. The number of hydrogen-bond donors (Lipinski definition) is 2. The Kier molecular flexibility index (Phi) is 7.04. The van der Waals surface area contributed by atoms with Crippen LogP contribution in [0.15, 0.2) is 42.6 Å². The second-order valence-corrected chi connectivity index (χ2v) is 7.37. The fourth-order valence-corrected chi connectivity index (χ4v) is 3.39. The van der Waals surface area contributed by atoms with E-state index in [0.29, 0.717) is 22.9 Å². The first-order chi connectivity index (χ1) is 14.1. The molecule has 1 aliphatic heterocycles. The molecule has 8 heteroatoms. The molecule has 1 aromatic carbocycles. The number of piperidine rings is 1. The van der Waals surface area contributed by atoms with Gasteiger partial charge >= 0.3 is 11.8 Å². The van der Waals surface area contributed by atoms with E-state index >= 15 is 0 Å². The molecule has 0 radical (unpaired) electrons. The monoisotopic (exact) mass is 411 g/mol. The molecule has 3 rings (SSSR count). The molecule has 1 aliphatic rings. The number of nitrogens with zero attached hydrogens (tertiary/aromatic N) is 3. The van der Waals surface area contributed by atoms with Crippen LogP contribution in [0.2, 0.25) is 5.02 Å². The summed E-state index contributed by atoms with van der Waals surface area (Å²) >= 11 is 5.83. The summed E-state index contributed by atoms with van der Waals surface area (Å²) in [4.78, 5) is 30.4. The Balaban J connectivity index is 1.40. The Labute approximate surface area is 174 Å². The largest absolute Gasteiger partial charge is 0.356 e. The van der Waals surface area contributed by atoms with Gasteiger partial charge in [0, 0.05) is 37.4 Å². The molecule has 2 N–H and O–H groups in total. The standard InChI is InChI=1S/C21H22ClN5O2/c22-18-5-3-15(4-6-18)13-25-20(28)21(29)26-14-16-7-10-27(11-8-16)19-17(12-23)2-1-9-24-19/h1-6,9,16H,7-8,10-11,13-14H2,(H,25,28)(H,26,29). The van der Waals surface area contributed by atoms with Crippen molar-refractivity contribution in [1.29, 1.82) is 5.26 Å². The molecule has 1 saturated heterocycles. The number of rotatable bonds is 5. The smallest absolute Gasteiger partial charge is 0.309 e. The van der Waals surface area contributed by atoms with E-state index in [1.54, 1.807) is 42.6 Å². The number of aromatic nitrogens is 1. The van der Waals surface area contributed by atoms with E-state index in [1.165, 1.54) is 0 Å². The Morgan fingerprint density at radius 1 is 1.14 bits per heavy atom. The van der Waals surface area contributed by atoms with Crippen LogP contribution in [0.4, 0.5) is 5.82 Å². The lowest BCUT2D eigenvalue weighted by atomic mass is 9.96. The van der Waals surface area contributed by atoms with Crippen LogP contribution in [0, 0.1) is 17.2 Å². The summed E-state index contributed by atoms with van der Waals surface area (Å²) in [5.41, 5.74) is 1.44. The van der Waals surface area contributed by atoms with Crippen molar-refractivity contribution in [3.05, 3.63) is 58.7 Å². The number of halogens is 1. The first-order valence-electron chi connectivity index (χ1n) is 9.47. The van der Waals surface area contributed by atoms with Gasteiger partial charge in [-0.15, -0.1) is 0 Å². The number of nitrogens with one attached hydrogen (secondary N) is 2. The zero-order chi connectivity index (χ0) is 20.6. The minimum absolute atomic E-state index is 0.271. The van der Waals surface area contributed by atoms with Crippen LogP contribution in [-0.2, 0) is 16.1 Å². The molecule has 150 valence electrons. The van der Waals surface area contributed by atoms with Gasteiger partial charge in [0.15, 0.2) is 0 Å². The maximum absolute atomic E-state index is 12.0. The predicted molar refractivity (Wildman–Crippen MR) is 110 cm³/mol. The summed E-state index contributed by atoms with van der Waals surface area (Å²) in [6, 6.07) is 12.8. The third-order valence-electron chi connectivity index (χ3n) is 4.95. The topological polar surface area (TPSA) is 98.1 Å². The van der Waals surface area contributed by atoms with Crippen LogP contribution in [0.3, 0.4) is 0 Å². The van der Waals surface area contributed by atoms with Crippen molar-refractivity contribution >= 4 is 29.2 Å². The molecule has 0 aliphatic carbocycles. The van der Waals surface area contributed by atoms with Gasteiger partial charge in [0.1, 0.15) is 11.9 Å². The third kappa shape index (κ3) is 5.69. The molecular weight excluding hydrogens is 390 g/mol. The molecular formula is C21H22ClN5O2. The minimum Gasteiger partial charge on any atom is -0.356 e. The number of benzene rings is 1. The number of nitriles is 1. The average molecular weight is 412 g/mol. The van der Waals surface area contributed by atoms with E-state index in [1.807, 2.05) is 0 Å². The van der Waals surface area contributed by atoms with Crippen LogP contribution in [-0.4, -0.2) is 36.4 Å². The van der Waals surface area contributed by atoms with E-state index in [9.17, 15) is 14.9 Å². The number of pyridine rings is 1. The third-order valence-corrected chi connectivity index (χ3v) is 5.20.